The van der Waals surface area contributed by atoms with Gasteiger partial charge in [0.1, 0.15) is 11.5 Å². The van der Waals surface area contributed by atoms with Crippen molar-refractivity contribution in [1.29, 1.82) is 0 Å². The van der Waals surface area contributed by atoms with E-state index in [1.54, 1.807) is 6.33 Å². The molecule has 27 heavy (non-hydrogen) atoms. The van der Waals surface area contributed by atoms with Crippen molar-refractivity contribution in [1.82, 2.24) is 29.7 Å². The summed E-state index contributed by atoms with van der Waals surface area (Å²) in [5.41, 5.74) is 4.81. The summed E-state index contributed by atoms with van der Waals surface area (Å²) >= 11 is 0. The Hall–Kier alpha value is -3.19. The summed E-state index contributed by atoms with van der Waals surface area (Å²) in [5, 5.41) is 6.97. The Bertz CT molecular complexity index is 1050. The highest BCUT2D eigenvalue weighted by atomic mass is 15.1. The lowest BCUT2D eigenvalue weighted by Crippen LogP contribution is -2.38. The van der Waals surface area contributed by atoms with E-state index < -0.39 is 0 Å². The highest BCUT2D eigenvalue weighted by Gasteiger charge is 2.14. The predicted molar refractivity (Wildman–Crippen MR) is 106 cm³/mol. The van der Waals surface area contributed by atoms with E-state index in [-0.39, 0.29) is 0 Å². The number of rotatable bonds is 4. The van der Waals surface area contributed by atoms with Crippen LogP contribution in [0.15, 0.2) is 55.2 Å². The number of aromatic amines is 1. The zero-order chi connectivity index (χ0) is 18.1. The van der Waals surface area contributed by atoms with Crippen LogP contribution in [0.4, 0.5) is 5.82 Å². The third kappa shape index (κ3) is 3.17. The largest absolute Gasteiger partial charge is 0.366 e. The number of aromatic nitrogens is 5. The number of imidazole rings is 2. The molecule has 0 aliphatic carbocycles. The van der Waals surface area contributed by atoms with Gasteiger partial charge in [0.15, 0.2) is 0 Å². The molecule has 136 valence electrons. The monoisotopic (exact) mass is 359 g/mol. The molecule has 5 rings (SSSR count). The topological polar surface area (TPSA) is 82.9 Å². The minimum Gasteiger partial charge on any atom is -0.366 e. The van der Waals surface area contributed by atoms with Crippen LogP contribution in [0.2, 0.25) is 0 Å². The van der Waals surface area contributed by atoms with Crippen molar-refractivity contribution >= 4 is 11.5 Å². The summed E-state index contributed by atoms with van der Waals surface area (Å²) in [6.45, 7) is 2.09. The number of nitrogens with one attached hydrogen (secondary N) is 3. The Kier molecular flexibility index (Phi) is 4.06. The molecule has 5 heterocycles. The number of nitrogens with zero attached hydrogens (tertiary/aromatic N) is 4. The maximum Gasteiger partial charge on any atom is 0.137 e. The summed E-state index contributed by atoms with van der Waals surface area (Å²) in [6, 6.07) is 10.6. The molecule has 0 spiro atoms. The van der Waals surface area contributed by atoms with Crippen LogP contribution >= 0.6 is 0 Å². The first kappa shape index (κ1) is 16.0. The summed E-state index contributed by atoms with van der Waals surface area (Å²) in [6.07, 6.45) is 9.77. The Balaban J connectivity index is 1.45. The summed E-state index contributed by atoms with van der Waals surface area (Å²) < 4.78 is 2.06. The van der Waals surface area contributed by atoms with E-state index in [4.69, 9.17) is 4.98 Å². The molecule has 4 aromatic rings. The molecule has 1 fully saturated rings. The summed E-state index contributed by atoms with van der Waals surface area (Å²) in [4.78, 5) is 16.6. The number of hydrogen-bond donors (Lipinski definition) is 3. The predicted octanol–water partition coefficient (Wildman–Crippen LogP) is 2.95. The fourth-order valence-corrected chi connectivity index (χ4v) is 3.59. The van der Waals surface area contributed by atoms with Crippen molar-refractivity contribution in [3.63, 3.8) is 0 Å². The maximum atomic E-state index is 4.82. The Morgan fingerprint density at radius 1 is 1.19 bits per heavy atom. The zero-order valence-corrected chi connectivity index (χ0v) is 14.9. The number of pyridine rings is 2. The summed E-state index contributed by atoms with van der Waals surface area (Å²) in [7, 11) is 0. The van der Waals surface area contributed by atoms with Crippen LogP contribution in [0, 0.1) is 0 Å². The van der Waals surface area contributed by atoms with Crippen molar-refractivity contribution in [3.05, 3.63) is 55.2 Å². The van der Waals surface area contributed by atoms with Crippen LogP contribution in [-0.2, 0) is 0 Å². The van der Waals surface area contributed by atoms with Gasteiger partial charge >= 0.3 is 0 Å². The van der Waals surface area contributed by atoms with Crippen molar-refractivity contribution in [2.24, 2.45) is 0 Å². The molecule has 1 saturated heterocycles. The fraction of sp³-hybridized carbons (Fsp3) is 0.250. The molecular weight excluding hydrogens is 338 g/mol. The highest BCUT2D eigenvalue weighted by Crippen LogP contribution is 2.24. The molecule has 0 bridgehead atoms. The van der Waals surface area contributed by atoms with Crippen LogP contribution in [0.25, 0.3) is 28.3 Å². The molecular formula is C20H21N7. The zero-order valence-electron chi connectivity index (χ0n) is 14.9. The Labute approximate surface area is 156 Å². The standard InChI is InChI=1S/C20H21N7/c1-4-16(26-19(5-1)25-15-3-2-7-21-10-15)18-12-23-20-9-14(6-8-27(18)20)17-11-22-13-24-17/h1,4-6,8-9,11-13,15,21H,2-3,7,10H2,(H,22,24)(H,25,26). The van der Waals surface area contributed by atoms with Crippen LogP contribution in [0.1, 0.15) is 12.8 Å². The Morgan fingerprint density at radius 3 is 3.04 bits per heavy atom. The van der Waals surface area contributed by atoms with Gasteiger partial charge in [0.25, 0.3) is 0 Å². The SMILES string of the molecule is c1cc(NC2CCCNC2)nc(-c2cnc3cc(-c4cnc[nH]4)ccn23)c1. The third-order valence-corrected chi connectivity index (χ3v) is 4.98. The third-order valence-electron chi connectivity index (χ3n) is 4.98. The van der Waals surface area contributed by atoms with E-state index in [1.165, 1.54) is 12.8 Å². The molecule has 7 nitrogen and oxygen atoms in total. The summed E-state index contributed by atoms with van der Waals surface area (Å²) in [5.74, 6) is 0.908. The van der Waals surface area contributed by atoms with Crippen molar-refractivity contribution in [2.75, 3.05) is 18.4 Å². The second kappa shape index (κ2) is 6.85. The lowest BCUT2D eigenvalue weighted by Gasteiger charge is -2.24. The molecule has 1 unspecified atom stereocenters. The van der Waals surface area contributed by atoms with Gasteiger partial charge in [-0.2, -0.15) is 0 Å². The van der Waals surface area contributed by atoms with Gasteiger partial charge in [0.05, 0.1) is 35.8 Å². The Morgan fingerprint density at radius 2 is 2.19 bits per heavy atom. The van der Waals surface area contributed by atoms with Gasteiger partial charge in [-0.3, -0.25) is 4.40 Å². The molecule has 1 aliphatic heterocycles. The molecule has 1 aliphatic rings. The molecule has 0 radical (unpaired) electrons. The maximum absolute atomic E-state index is 4.82. The molecule has 4 aromatic heterocycles. The molecule has 0 saturated carbocycles. The van der Waals surface area contributed by atoms with Crippen molar-refractivity contribution in [2.45, 2.75) is 18.9 Å². The lowest BCUT2D eigenvalue weighted by atomic mass is 10.1. The van der Waals surface area contributed by atoms with Gasteiger partial charge in [-0.15, -0.1) is 0 Å². The average molecular weight is 359 g/mol. The van der Waals surface area contributed by atoms with E-state index in [1.807, 2.05) is 42.9 Å². The first-order valence-electron chi connectivity index (χ1n) is 9.27. The second-order valence-corrected chi connectivity index (χ2v) is 6.85. The van der Waals surface area contributed by atoms with Gasteiger partial charge in [-0.05, 0) is 43.7 Å². The van der Waals surface area contributed by atoms with Gasteiger partial charge in [0.2, 0.25) is 0 Å². The minimum atomic E-state index is 0.431. The first-order valence-corrected chi connectivity index (χ1v) is 9.27. The number of hydrogen-bond acceptors (Lipinski definition) is 5. The number of piperidine rings is 1. The first-order chi connectivity index (χ1) is 13.4. The van der Waals surface area contributed by atoms with E-state index >= 15 is 0 Å². The van der Waals surface area contributed by atoms with Gasteiger partial charge in [-0.1, -0.05) is 6.07 Å². The number of anilines is 1. The number of H-pyrrole nitrogens is 1. The van der Waals surface area contributed by atoms with E-state index in [2.05, 4.69) is 36.1 Å². The van der Waals surface area contributed by atoms with E-state index in [0.717, 1.165) is 47.2 Å². The normalized spacial score (nSPS) is 17.3. The van der Waals surface area contributed by atoms with Crippen molar-refractivity contribution < 1.29 is 0 Å². The molecule has 3 N–H and O–H groups in total. The number of fused-ring (bicyclic) bond motifs is 1. The average Bonchev–Trinajstić information content (AvgIpc) is 3.38. The van der Waals surface area contributed by atoms with E-state index in [0.29, 0.717) is 6.04 Å². The van der Waals surface area contributed by atoms with E-state index in [9.17, 15) is 0 Å². The second-order valence-electron chi connectivity index (χ2n) is 6.85. The van der Waals surface area contributed by atoms with Gasteiger partial charge in [0, 0.05) is 24.3 Å². The van der Waals surface area contributed by atoms with Crippen LogP contribution in [-0.4, -0.2) is 43.5 Å². The molecule has 1 atom stereocenters. The molecule has 0 aromatic carbocycles. The van der Waals surface area contributed by atoms with Gasteiger partial charge < -0.3 is 15.6 Å². The van der Waals surface area contributed by atoms with Crippen LogP contribution in [0.5, 0.6) is 0 Å². The lowest BCUT2D eigenvalue weighted by molar-refractivity contribution is 0.479. The highest BCUT2D eigenvalue weighted by molar-refractivity contribution is 5.68. The molecule has 7 heteroatoms. The van der Waals surface area contributed by atoms with Crippen molar-refractivity contribution in [3.8, 4) is 22.6 Å². The van der Waals surface area contributed by atoms with Crippen LogP contribution in [0.3, 0.4) is 0 Å². The van der Waals surface area contributed by atoms with Gasteiger partial charge in [-0.25, -0.2) is 15.0 Å². The minimum absolute atomic E-state index is 0.431. The van der Waals surface area contributed by atoms with Crippen LogP contribution < -0.4 is 10.6 Å². The smallest absolute Gasteiger partial charge is 0.137 e. The molecule has 0 amide bonds. The fourth-order valence-electron chi connectivity index (χ4n) is 3.59. The quantitative estimate of drug-likeness (QED) is 0.522.